The Morgan fingerprint density at radius 3 is 2.64 bits per heavy atom. The SMILES string of the molecule is COc1ccc2[nH]c(C)c(CC(=O)Nc3ccc(OC)c(Cl)c3)c2c1. The number of ether oxygens (including phenoxy) is 2. The lowest BCUT2D eigenvalue weighted by atomic mass is 10.1. The number of amides is 1. The molecule has 25 heavy (non-hydrogen) atoms. The van der Waals surface area contributed by atoms with Crippen LogP contribution in [0.15, 0.2) is 36.4 Å². The summed E-state index contributed by atoms with van der Waals surface area (Å²) in [6.45, 7) is 1.96. The molecule has 2 N–H and O–H groups in total. The van der Waals surface area contributed by atoms with Gasteiger partial charge in [-0.25, -0.2) is 0 Å². The monoisotopic (exact) mass is 358 g/mol. The van der Waals surface area contributed by atoms with Crippen LogP contribution in [0, 0.1) is 6.92 Å². The number of hydrogen-bond acceptors (Lipinski definition) is 3. The molecule has 0 saturated carbocycles. The molecule has 0 bridgehead atoms. The van der Waals surface area contributed by atoms with Gasteiger partial charge in [0.1, 0.15) is 11.5 Å². The summed E-state index contributed by atoms with van der Waals surface area (Å²) in [6, 6.07) is 10.9. The van der Waals surface area contributed by atoms with Crippen molar-refractivity contribution in [3.8, 4) is 11.5 Å². The summed E-state index contributed by atoms with van der Waals surface area (Å²) >= 11 is 6.10. The molecule has 0 atom stereocenters. The molecule has 130 valence electrons. The van der Waals surface area contributed by atoms with Gasteiger partial charge in [0, 0.05) is 22.3 Å². The number of aromatic amines is 1. The van der Waals surface area contributed by atoms with Gasteiger partial charge in [0.2, 0.25) is 5.91 Å². The number of aryl methyl sites for hydroxylation is 1. The Hall–Kier alpha value is -2.66. The molecule has 0 aliphatic carbocycles. The van der Waals surface area contributed by atoms with Gasteiger partial charge in [0.05, 0.1) is 25.7 Å². The van der Waals surface area contributed by atoms with Gasteiger partial charge in [-0.15, -0.1) is 0 Å². The second kappa shape index (κ2) is 7.07. The zero-order valence-corrected chi connectivity index (χ0v) is 15.0. The number of carbonyl (C=O) groups is 1. The summed E-state index contributed by atoms with van der Waals surface area (Å²) in [7, 11) is 3.17. The number of benzene rings is 2. The highest BCUT2D eigenvalue weighted by Gasteiger charge is 2.14. The highest BCUT2D eigenvalue weighted by molar-refractivity contribution is 6.32. The van der Waals surface area contributed by atoms with Crippen LogP contribution >= 0.6 is 11.6 Å². The largest absolute Gasteiger partial charge is 0.497 e. The van der Waals surface area contributed by atoms with E-state index in [1.165, 1.54) is 0 Å². The lowest BCUT2D eigenvalue weighted by Gasteiger charge is -2.08. The van der Waals surface area contributed by atoms with Crippen LogP contribution in [-0.2, 0) is 11.2 Å². The molecule has 5 nitrogen and oxygen atoms in total. The Bertz CT molecular complexity index is 934. The minimum Gasteiger partial charge on any atom is -0.497 e. The normalized spacial score (nSPS) is 10.7. The number of carbonyl (C=O) groups excluding carboxylic acids is 1. The third-order valence-electron chi connectivity index (χ3n) is 4.10. The molecule has 0 unspecified atom stereocenters. The number of anilines is 1. The number of aromatic nitrogens is 1. The van der Waals surface area contributed by atoms with Gasteiger partial charge in [-0.1, -0.05) is 11.6 Å². The molecule has 3 aromatic rings. The van der Waals surface area contributed by atoms with Crippen LogP contribution < -0.4 is 14.8 Å². The van der Waals surface area contributed by atoms with E-state index in [1.807, 2.05) is 25.1 Å². The van der Waals surface area contributed by atoms with Gasteiger partial charge >= 0.3 is 0 Å². The number of fused-ring (bicyclic) bond motifs is 1. The second-order valence-corrected chi connectivity index (χ2v) is 6.12. The van der Waals surface area contributed by atoms with Gasteiger partial charge in [0.25, 0.3) is 0 Å². The van der Waals surface area contributed by atoms with Crippen LogP contribution in [0.5, 0.6) is 11.5 Å². The lowest BCUT2D eigenvalue weighted by molar-refractivity contribution is -0.115. The third-order valence-corrected chi connectivity index (χ3v) is 4.39. The van der Waals surface area contributed by atoms with E-state index in [0.29, 0.717) is 16.5 Å². The van der Waals surface area contributed by atoms with E-state index in [-0.39, 0.29) is 12.3 Å². The van der Waals surface area contributed by atoms with Crippen molar-refractivity contribution in [1.29, 1.82) is 0 Å². The van der Waals surface area contributed by atoms with Crippen molar-refractivity contribution in [3.05, 3.63) is 52.7 Å². The van der Waals surface area contributed by atoms with E-state index >= 15 is 0 Å². The molecule has 0 aliphatic heterocycles. The Balaban J connectivity index is 1.82. The number of methoxy groups -OCH3 is 2. The Morgan fingerprint density at radius 1 is 1.16 bits per heavy atom. The smallest absolute Gasteiger partial charge is 0.228 e. The van der Waals surface area contributed by atoms with Crippen LogP contribution in [0.3, 0.4) is 0 Å². The predicted octanol–water partition coefficient (Wildman–Crippen LogP) is 4.33. The average Bonchev–Trinajstić information content (AvgIpc) is 2.90. The summed E-state index contributed by atoms with van der Waals surface area (Å²) in [4.78, 5) is 15.8. The summed E-state index contributed by atoms with van der Waals surface area (Å²) in [5, 5.41) is 4.31. The van der Waals surface area contributed by atoms with E-state index < -0.39 is 0 Å². The van der Waals surface area contributed by atoms with Crippen molar-refractivity contribution in [3.63, 3.8) is 0 Å². The van der Waals surface area contributed by atoms with Gasteiger partial charge in [-0.2, -0.15) is 0 Å². The first-order valence-electron chi connectivity index (χ1n) is 7.80. The molecule has 3 rings (SSSR count). The zero-order chi connectivity index (χ0) is 18.0. The summed E-state index contributed by atoms with van der Waals surface area (Å²) < 4.78 is 10.4. The molecule has 0 spiro atoms. The minimum atomic E-state index is -0.118. The molecule has 6 heteroatoms. The van der Waals surface area contributed by atoms with E-state index in [1.54, 1.807) is 32.4 Å². The molecule has 1 aromatic heterocycles. The van der Waals surface area contributed by atoms with Gasteiger partial charge in [-0.05, 0) is 48.9 Å². The molecule has 0 fully saturated rings. The first kappa shape index (κ1) is 17.2. The maximum atomic E-state index is 12.5. The fourth-order valence-corrected chi connectivity index (χ4v) is 3.08. The quantitative estimate of drug-likeness (QED) is 0.713. The molecule has 0 radical (unpaired) electrons. The number of nitrogens with one attached hydrogen (secondary N) is 2. The third kappa shape index (κ3) is 3.56. The fourth-order valence-electron chi connectivity index (χ4n) is 2.83. The van der Waals surface area contributed by atoms with Gasteiger partial charge in [0.15, 0.2) is 0 Å². The minimum absolute atomic E-state index is 0.118. The number of hydrogen-bond donors (Lipinski definition) is 2. The highest BCUT2D eigenvalue weighted by Crippen LogP contribution is 2.29. The summed E-state index contributed by atoms with van der Waals surface area (Å²) in [6.07, 6.45) is 0.253. The molecule has 0 aliphatic rings. The Morgan fingerprint density at radius 2 is 1.96 bits per heavy atom. The Labute approximate surface area is 150 Å². The average molecular weight is 359 g/mol. The van der Waals surface area contributed by atoms with E-state index in [2.05, 4.69) is 10.3 Å². The summed E-state index contributed by atoms with van der Waals surface area (Å²) in [5.41, 5.74) is 3.52. The van der Waals surface area contributed by atoms with Gasteiger partial charge in [-0.3, -0.25) is 4.79 Å². The molecule has 0 saturated heterocycles. The van der Waals surface area contributed by atoms with Crippen molar-refractivity contribution in [1.82, 2.24) is 4.98 Å². The molecule has 2 aromatic carbocycles. The molecule has 1 heterocycles. The number of halogens is 1. The standard InChI is InChI=1S/C19H19ClN2O3/c1-11-14(15-9-13(24-2)5-6-17(15)21-11)10-19(23)22-12-4-7-18(25-3)16(20)8-12/h4-9,21H,10H2,1-3H3,(H,22,23). The topological polar surface area (TPSA) is 63.4 Å². The van der Waals surface area contributed by atoms with Crippen LogP contribution in [0.25, 0.3) is 10.9 Å². The maximum Gasteiger partial charge on any atom is 0.228 e. The van der Waals surface area contributed by atoms with Crippen LogP contribution in [0.4, 0.5) is 5.69 Å². The molecular formula is C19H19ClN2O3. The summed E-state index contributed by atoms with van der Waals surface area (Å²) in [5.74, 6) is 1.21. The predicted molar refractivity (Wildman–Crippen MR) is 99.9 cm³/mol. The Kier molecular flexibility index (Phi) is 4.86. The fraction of sp³-hybridized carbons (Fsp3) is 0.211. The van der Waals surface area contributed by atoms with Crippen molar-refractivity contribution in [2.45, 2.75) is 13.3 Å². The van der Waals surface area contributed by atoms with Crippen LogP contribution in [0.1, 0.15) is 11.3 Å². The maximum absolute atomic E-state index is 12.5. The number of H-pyrrole nitrogens is 1. The van der Waals surface area contributed by atoms with E-state index in [9.17, 15) is 4.79 Å². The second-order valence-electron chi connectivity index (χ2n) is 5.71. The van der Waals surface area contributed by atoms with Gasteiger partial charge < -0.3 is 19.8 Å². The molecular weight excluding hydrogens is 340 g/mol. The van der Waals surface area contributed by atoms with E-state index in [4.69, 9.17) is 21.1 Å². The highest BCUT2D eigenvalue weighted by atomic mass is 35.5. The van der Waals surface area contributed by atoms with Crippen molar-refractivity contribution in [2.24, 2.45) is 0 Å². The molecule has 1 amide bonds. The lowest BCUT2D eigenvalue weighted by Crippen LogP contribution is -2.14. The van der Waals surface area contributed by atoms with Crippen molar-refractivity contribution < 1.29 is 14.3 Å². The van der Waals surface area contributed by atoms with Crippen LogP contribution in [-0.4, -0.2) is 25.1 Å². The van der Waals surface area contributed by atoms with Crippen LogP contribution in [0.2, 0.25) is 5.02 Å². The zero-order valence-electron chi connectivity index (χ0n) is 14.3. The van der Waals surface area contributed by atoms with Crippen molar-refractivity contribution in [2.75, 3.05) is 19.5 Å². The first-order valence-corrected chi connectivity index (χ1v) is 8.18. The van der Waals surface area contributed by atoms with Crippen molar-refractivity contribution >= 4 is 34.1 Å². The first-order chi connectivity index (χ1) is 12.0. The number of rotatable bonds is 5. The van der Waals surface area contributed by atoms with E-state index in [0.717, 1.165) is 27.9 Å².